The van der Waals surface area contributed by atoms with Crippen molar-refractivity contribution in [2.75, 3.05) is 44.0 Å². The van der Waals surface area contributed by atoms with Crippen molar-refractivity contribution in [3.63, 3.8) is 0 Å². The van der Waals surface area contributed by atoms with Crippen molar-refractivity contribution in [2.45, 2.75) is 26.4 Å². The second kappa shape index (κ2) is 8.95. The average molecular weight is 402 g/mol. The Hall–Kier alpha value is -3.07. The molecule has 1 saturated heterocycles. The van der Waals surface area contributed by atoms with Gasteiger partial charge in [-0.2, -0.15) is 0 Å². The standard InChI is InChI=1S/C20H26N4O5/c1-3-8-23-17(21)16(22-9-11-29-12-10-22)18(25)24(20(23)27)13-14-4-6-15(7-5-14)19(26)28-2/h4-7H,3,8-13,21H2,1-2H3. The Morgan fingerprint density at radius 3 is 2.38 bits per heavy atom. The number of morpholine rings is 1. The van der Waals surface area contributed by atoms with Crippen molar-refractivity contribution in [2.24, 2.45) is 0 Å². The molecule has 0 aliphatic carbocycles. The molecule has 0 radical (unpaired) electrons. The molecule has 2 N–H and O–H groups in total. The van der Waals surface area contributed by atoms with Crippen LogP contribution in [0.15, 0.2) is 33.9 Å². The third-order valence-electron chi connectivity index (χ3n) is 4.93. The first-order valence-corrected chi connectivity index (χ1v) is 9.61. The van der Waals surface area contributed by atoms with Crippen LogP contribution in [0.2, 0.25) is 0 Å². The summed E-state index contributed by atoms with van der Waals surface area (Å²) in [5, 5.41) is 0. The number of carbonyl (C=O) groups excluding carboxylic acids is 1. The molecule has 1 fully saturated rings. The van der Waals surface area contributed by atoms with Crippen molar-refractivity contribution >= 4 is 17.5 Å². The van der Waals surface area contributed by atoms with Gasteiger partial charge in [0.15, 0.2) is 0 Å². The summed E-state index contributed by atoms with van der Waals surface area (Å²) in [6, 6.07) is 6.62. The zero-order valence-electron chi connectivity index (χ0n) is 16.7. The van der Waals surface area contributed by atoms with E-state index >= 15 is 0 Å². The zero-order valence-corrected chi connectivity index (χ0v) is 16.7. The van der Waals surface area contributed by atoms with Crippen LogP contribution in [0.3, 0.4) is 0 Å². The fourth-order valence-electron chi connectivity index (χ4n) is 3.41. The third kappa shape index (κ3) is 4.19. The van der Waals surface area contributed by atoms with E-state index in [-0.39, 0.29) is 12.4 Å². The number of ether oxygens (including phenoxy) is 2. The Morgan fingerprint density at radius 2 is 1.79 bits per heavy atom. The maximum atomic E-state index is 13.2. The molecule has 9 nitrogen and oxygen atoms in total. The Morgan fingerprint density at radius 1 is 1.14 bits per heavy atom. The van der Waals surface area contributed by atoms with Crippen LogP contribution >= 0.6 is 0 Å². The zero-order chi connectivity index (χ0) is 21.0. The van der Waals surface area contributed by atoms with Gasteiger partial charge in [0.05, 0.1) is 32.4 Å². The summed E-state index contributed by atoms with van der Waals surface area (Å²) >= 11 is 0. The van der Waals surface area contributed by atoms with Gasteiger partial charge in [-0.3, -0.25) is 13.9 Å². The van der Waals surface area contributed by atoms with Gasteiger partial charge in [0, 0.05) is 19.6 Å². The van der Waals surface area contributed by atoms with Crippen molar-refractivity contribution in [3.8, 4) is 0 Å². The van der Waals surface area contributed by atoms with Crippen LogP contribution < -0.4 is 21.9 Å². The maximum Gasteiger partial charge on any atom is 0.337 e. The van der Waals surface area contributed by atoms with Gasteiger partial charge < -0.3 is 20.1 Å². The fourth-order valence-corrected chi connectivity index (χ4v) is 3.41. The highest BCUT2D eigenvalue weighted by molar-refractivity contribution is 5.89. The summed E-state index contributed by atoms with van der Waals surface area (Å²) in [4.78, 5) is 39.7. The predicted octanol–water partition coefficient (Wildman–Crippen LogP) is 0.674. The summed E-state index contributed by atoms with van der Waals surface area (Å²) in [7, 11) is 1.31. The van der Waals surface area contributed by atoms with E-state index in [9.17, 15) is 14.4 Å². The van der Waals surface area contributed by atoms with Gasteiger partial charge in [0.1, 0.15) is 11.5 Å². The van der Waals surface area contributed by atoms with Crippen molar-refractivity contribution < 1.29 is 14.3 Å². The van der Waals surface area contributed by atoms with E-state index in [1.807, 2.05) is 11.8 Å². The molecule has 0 bridgehead atoms. The first-order chi connectivity index (χ1) is 14.0. The molecule has 0 spiro atoms. The second-order valence-electron chi connectivity index (χ2n) is 6.85. The smallest absolute Gasteiger partial charge is 0.337 e. The lowest BCUT2D eigenvalue weighted by Gasteiger charge is -2.30. The van der Waals surface area contributed by atoms with Crippen LogP contribution in [0, 0.1) is 0 Å². The average Bonchev–Trinajstić information content (AvgIpc) is 2.75. The molecular formula is C20H26N4O5. The first kappa shape index (κ1) is 20.7. The molecule has 0 unspecified atom stereocenters. The van der Waals surface area contributed by atoms with E-state index in [1.165, 1.54) is 16.2 Å². The molecular weight excluding hydrogens is 376 g/mol. The molecule has 1 aliphatic heterocycles. The normalized spacial score (nSPS) is 14.1. The number of nitrogen functional groups attached to an aromatic ring is 1. The van der Waals surface area contributed by atoms with Gasteiger partial charge in [-0.15, -0.1) is 0 Å². The van der Waals surface area contributed by atoms with E-state index in [0.717, 1.165) is 5.56 Å². The van der Waals surface area contributed by atoms with Crippen LogP contribution in [0.5, 0.6) is 0 Å². The predicted molar refractivity (Wildman–Crippen MR) is 110 cm³/mol. The Bertz CT molecular complexity index is 988. The SMILES string of the molecule is CCCn1c(N)c(N2CCOCC2)c(=O)n(Cc2ccc(C(=O)OC)cc2)c1=O. The van der Waals surface area contributed by atoms with Crippen LogP contribution in [0.25, 0.3) is 0 Å². The molecule has 0 saturated carbocycles. The quantitative estimate of drug-likeness (QED) is 0.708. The van der Waals surface area contributed by atoms with E-state index < -0.39 is 17.2 Å². The van der Waals surface area contributed by atoms with E-state index in [4.69, 9.17) is 15.2 Å². The van der Waals surface area contributed by atoms with Gasteiger partial charge in [0.25, 0.3) is 5.56 Å². The monoisotopic (exact) mass is 402 g/mol. The van der Waals surface area contributed by atoms with E-state index in [2.05, 4.69) is 0 Å². The number of carbonyl (C=O) groups is 1. The molecule has 0 atom stereocenters. The Labute approximate surface area is 168 Å². The summed E-state index contributed by atoms with van der Waals surface area (Å²) in [5.74, 6) is -0.248. The molecule has 2 heterocycles. The number of hydrogen-bond acceptors (Lipinski definition) is 7. The topological polar surface area (TPSA) is 109 Å². The van der Waals surface area contributed by atoms with Gasteiger partial charge >= 0.3 is 11.7 Å². The first-order valence-electron chi connectivity index (χ1n) is 9.61. The molecule has 156 valence electrons. The van der Waals surface area contributed by atoms with Crippen LogP contribution in [0.1, 0.15) is 29.3 Å². The maximum absolute atomic E-state index is 13.2. The number of rotatable bonds is 6. The second-order valence-corrected chi connectivity index (χ2v) is 6.85. The summed E-state index contributed by atoms with van der Waals surface area (Å²) in [6.45, 7) is 4.53. The molecule has 2 aromatic rings. The number of aromatic nitrogens is 2. The number of nitrogens with two attached hydrogens (primary N) is 1. The van der Waals surface area contributed by atoms with Gasteiger partial charge in [-0.05, 0) is 24.1 Å². The molecule has 3 rings (SSSR count). The molecule has 0 amide bonds. The molecule has 29 heavy (non-hydrogen) atoms. The lowest BCUT2D eigenvalue weighted by molar-refractivity contribution is 0.0600. The number of nitrogens with zero attached hydrogens (tertiary/aromatic N) is 3. The van der Waals surface area contributed by atoms with Gasteiger partial charge in [-0.25, -0.2) is 9.59 Å². The van der Waals surface area contributed by atoms with Gasteiger partial charge in [-0.1, -0.05) is 19.1 Å². The largest absolute Gasteiger partial charge is 0.465 e. The summed E-state index contributed by atoms with van der Waals surface area (Å²) in [5.41, 5.74) is 6.85. The van der Waals surface area contributed by atoms with Crippen LogP contribution in [0.4, 0.5) is 11.5 Å². The highest BCUT2D eigenvalue weighted by Gasteiger charge is 2.23. The molecule has 1 aliphatic rings. The minimum Gasteiger partial charge on any atom is -0.465 e. The van der Waals surface area contributed by atoms with E-state index in [1.54, 1.807) is 24.3 Å². The fraction of sp³-hybridized carbons (Fsp3) is 0.450. The highest BCUT2D eigenvalue weighted by atomic mass is 16.5. The minimum atomic E-state index is -0.443. The third-order valence-corrected chi connectivity index (χ3v) is 4.93. The van der Waals surface area contributed by atoms with Crippen LogP contribution in [-0.4, -0.2) is 48.5 Å². The number of methoxy groups -OCH3 is 1. The minimum absolute atomic E-state index is 0.0838. The van der Waals surface area contributed by atoms with Crippen molar-refractivity contribution in [3.05, 3.63) is 56.2 Å². The number of benzene rings is 1. The Balaban J connectivity index is 2.05. The molecule has 1 aromatic carbocycles. The lowest BCUT2D eigenvalue weighted by Crippen LogP contribution is -2.47. The van der Waals surface area contributed by atoms with Gasteiger partial charge in [0.2, 0.25) is 0 Å². The Kier molecular flexibility index (Phi) is 6.38. The highest BCUT2D eigenvalue weighted by Crippen LogP contribution is 2.19. The number of esters is 1. The van der Waals surface area contributed by atoms with Crippen molar-refractivity contribution in [1.29, 1.82) is 0 Å². The number of hydrogen-bond donors (Lipinski definition) is 1. The lowest BCUT2D eigenvalue weighted by atomic mass is 10.1. The van der Waals surface area contributed by atoms with Crippen molar-refractivity contribution in [1.82, 2.24) is 9.13 Å². The summed E-state index contributed by atoms with van der Waals surface area (Å²) in [6.07, 6.45) is 0.707. The molecule has 1 aromatic heterocycles. The van der Waals surface area contributed by atoms with Crippen LogP contribution in [-0.2, 0) is 22.6 Å². The summed E-state index contributed by atoms with van der Waals surface area (Å²) < 4.78 is 12.7. The molecule has 9 heteroatoms. The van der Waals surface area contributed by atoms with E-state index in [0.29, 0.717) is 50.5 Å². The number of anilines is 2.